The summed E-state index contributed by atoms with van der Waals surface area (Å²) in [5.41, 5.74) is 1.27. The normalized spacial score (nSPS) is 28.0. The predicted octanol–water partition coefficient (Wildman–Crippen LogP) is 3.91. The number of quaternary nitrogens is 1. The third kappa shape index (κ3) is 6.65. The number of likely N-dealkylation sites (N-methyl/N-ethyl adjacent to an activating group) is 1. The average molecular weight is 702 g/mol. The molecule has 4 heterocycles. The molecule has 1 N–H and O–H groups in total. The van der Waals surface area contributed by atoms with Crippen molar-refractivity contribution in [3.05, 3.63) is 57.6 Å². The van der Waals surface area contributed by atoms with Crippen LogP contribution in [-0.2, 0) is 17.8 Å². The molecule has 4 aliphatic heterocycles. The minimum Gasteiger partial charge on any atom is -0.498 e. The molecule has 4 aliphatic rings. The lowest BCUT2D eigenvalue weighted by atomic mass is 9.81. The largest absolute Gasteiger partial charge is 0.498 e. The van der Waals surface area contributed by atoms with Gasteiger partial charge in [0.2, 0.25) is 0 Å². The van der Waals surface area contributed by atoms with Crippen molar-refractivity contribution in [2.24, 2.45) is 0 Å². The maximum atomic E-state index is 13.8. The van der Waals surface area contributed by atoms with Crippen molar-refractivity contribution in [3.63, 3.8) is 0 Å². The van der Waals surface area contributed by atoms with Crippen LogP contribution in [0.3, 0.4) is 0 Å². The van der Waals surface area contributed by atoms with E-state index in [2.05, 4.69) is 27.1 Å². The van der Waals surface area contributed by atoms with E-state index in [1.165, 1.54) is 0 Å². The van der Waals surface area contributed by atoms with Gasteiger partial charge in [-0.3, -0.25) is 14.3 Å². The summed E-state index contributed by atoms with van der Waals surface area (Å²) in [6.07, 6.45) is 2.71. The first-order valence-corrected chi connectivity index (χ1v) is 17.7. The zero-order valence-corrected chi connectivity index (χ0v) is 29.3. The topological polar surface area (TPSA) is 108 Å². The highest BCUT2D eigenvalue weighted by Gasteiger charge is 2.61. The number of aldehydes is 1. The Morgan fingerprint density at radius 3 is 2.44 bits per heavy atom. The van der Waals surface area contributed by atoms with E-state index in [1.54, 1.807) is 25.3 Å². The number of carboxylic acid groups (broad SMARTS) is 1. The van der Waals surface area contributed by atoms with Crippen molar-refractivity contribution < 1.29 is 28.7 Å². The Bertz CT molecular complexity index is 1510. The van der Waals surface area contributed by atoms with Crippen LogP contribution >= 0.6 is 23.2 Å². The van der Waals surface area contributed by atoms with E-state index >= 15 is 0 Å². The summed E-state index contributed by atoms with van der Waals surface area (Å²) in [7, 11) is 3.76. The summed E-state index contributed by atoms with van der Waals surface area (Å²) < 4.78 is 4.97. The van der Waals surface area contributed by atoms with Crippen LogP contribution in [-0.4, -0.2) is 127 Å². The summed E-state index contributed by atoms with van der Waals surface area (Å²) in [6, 6.07) is 10.7. The molecule has 2 unspecified atom stereocenters. The molecule has 260 valence electrons. The molecule has 0 bridgehead atoms. The average Bonchev–Trinajstić information content (AvgIpc) is 3.25. The number of amides is 3. The molecule has 11 nitrogen and oxygen atoms in total. The van der Waals surface area contributed by atoms with Crippen LogP contribution < -0.4 is 15.2 Å². The molecule has 6 rings (SSSR count). The standard InChI is InChI=1S/C35H46Cl2N6O5/c1-39-15-17-40(18-16-39)27-8-12-41(13-9-27)35(11-20-44)23-28(42-14-7-26-22-29(48-2)4-6-32(26)38-33(42)45)10-19-43(35,34(46)47)24-25-3-5-30(36)31(37)21-25/h3-6,20-22,27-28H,7-19,23-24H2,1-2H3,(H-,38,45,46,47)/t28?,35?,43-/m0/s1. The van der Waals surface area contributed by atoms with Crippen molar-refractivity contribution in [1.29, 1.82) is 0 Å². The zero-order valence-electron chi connectivity index (χ0n) is 27.8. The SMILES string of the molecule is COc1ccc2c(c1)CCN(C1CC[N@+](Cc3ccc(Cl)c(Cl)c3)(C(=O)[O-])C(CC=O)(N3CCC(N4CCN(C)CC4)CC3)C1)C(=O)N2. The van der Waals surface area contributed by atoms with E-state index in [4.69, 9.17) is 27.9 Å². The van der Waals surface area contributed by atoms with Crippen LogP contribution in [0.15, 0.2) is 36.4 Å². The first-order valence-electron chi connectivity index (χ1n) is 17.0. The van der Waals surface area contributed by atoms with E-state index in [1.807, 2.05) is 23.1 Å². The fourth-order valence-corrected chi connectivity index (χ4v) is 8.98. The maximum absolute atomic E-state index is 13.8. The lowest BCUT2D eigenvalue weighted by Gasteiger charge is -2.62. The van der Waals surface area contributed by atoms with Gasteiger partial charge in [0.25, 0.3) is 6.09 Å². The van der Waals surface area contributed by atoms with Crippen molar-refractivity contribution in [1.82, 2.24) is 19.6 Å². The third-order valence-electron chi connectivity index (χ3n) is 11.4. The Balaban J connectivity index is 1.34. The molecule has 3 amide bonds. The number of likely N-dealkylation sites (tertiary alicyclic amines) is 2. The summed E-state index contributed by atoms with van der Waals surface area (Å²) in [6.45, 7) is 6.08. The molecule has 2 aromatic carbocycles. The van der Waals surface area contributed by atoms with Crippen LogP contribution in [0.5, 0.6) is 5.75 Å². The van der Waals surface area contributed by atoms with Crippen molar-refractivity contribution >= 4 is 47.3 Å². The second kappa shape index (κ2) is 14.5. The number of nitrogens with zero attached hydrogens (tertiary/aromatic N) is 5. The number of halogens is 2. The van der Waals surface area contributed by atoms with E-state index in [0.29, 0.717) is 60.5 Å². The number of piperazine rings is 1. The molecule has 0 saturated carbocycles. The van der Waals surface area contributed by atoms with Gasteiger partial charge in [-0.15, -0.1) is 0 Å². The van der Waals surface area contributed by atoms with Gasteiger partial charge in [0.15, 0.2) is 5.66 Å². The molecular formula is C35H46Cl2N6O5. The summed E-state index contributed by atoms with van der Waals surface area (Å²) in [5.74, 6) is 0.720. The second-order valence-electron chi connectivity index (χ2n) is 13.8. The lowest BCUT2D eigenvalue weighted by Crippen LogP contribution is -2.80. The molecule has 3 atom stereocenters. The number of hydrogen-bond donors (Lipinski definition) is 1. The number of piperidine rings is 2. The van der Waals surface area contributed by atoms with Gasteiger partial charge in [0, 0.05) is 82.0 Å². The number of ether oxygens (including phenoxy) is 1. The van der Waals surface area contributed by atoms with Crippen molar-refractivity contribution in [3.8, 4) is 5.75 Å². The van der Waals surface area contributed by atoms with E-state index in [9.17, 15) is 19.5 Å². The number of nitrogens with one attached hydrogen (secondary N) is 1. The Labute approximate surface area is 292 Å². The minimum absolute atomic E-state index is 0.00907. The monoisotopic (exact) mass is 700 g/mol. The van der Waals surface area contributed by atoms with E-state index in [0.717, 1.165) is 62.3 Å². The Kier molecular flexibility index (Phi) is 10.6. The summed E-state index contributed by atoms with van der Waals surface area (Å²) >= 11 is 12.7. The number of methoxy groups -OCH3 is 1. The lowest BCUT2D eigenvalue weighted by molar-refractivity contribution is -0.956. The number of fused-ring (bicyclic) bond motifs is 1. The molecule has 0 radical (unpaired) electrons. The number of carbonyl (C=O) groups is 3. The molecule has 13 heteroatoms. The highest BCUT2D eigenvalue weighted by atomic mass is 35.5. The maximum Gasteiger partial charge on any atom is 0.322 e. The van der Waals surface area contributed by atoms with Gasteiger partial charge in [0.1, 0.15) is 18.6 Å². The van der Waals surface area contributed by atoms with Gasteiger partial charge < -0.3 is 34.5 Å². The van der Waals surface area contributed by atoms with Crippen LogP contribution in [0.4, 0.5) is 15.3 Å². The summed E-state index contributed by atoms with van der Waals surface area (Å²) in [4.78, 5) is 49.2. The van der Waals surface area contributed by atoms with Gasteiger partial charge >= 0.3 is 6.03 Å². The number of hydrogen-bond acceptors (Lipinski definition) is 8. The first kappa shape index (κ1) is 34.9. The number of carbonyl (C=O) groups excluding carboxylic acids is 3. The van der Waals surface area contributed by atoms with E-state index < -0.39 is 16.2 Å². The highest BCUT2D eigenvalue weighted by molar-refractivity contribution is 6.42. The van der Waals surface area contributed by atoms with Gasteiger partial charge in [-0.2, -0.15) is 0 Å². The predicted molar refractivity (Wildman–Crippen MR) is 183 cm³/mol. The van der Waals surface area contributed by atoms with Gasteiger partial charge in [0.05, 0.1) is 30.1 Å². The summed E-state index contributed by atoms with van der Waals surface area (Å²) in [5, 5.41) is 17.5. The van der Waals surface area contributed by atoms with Crippen LogP contribution in [0.1, 0.15) is 43.2 Å². The number of rotatable bonds is 8. The highest BCUT2D eigenvalue weighted by Crippen LogP contribution is 2.46. The number of anilines is 1. The van der Waals surface area contributed by atoms with Crippen molar-refractivity contribution in [2.75, 3.05) is 71.8 Å². The molecule has 0 aliphatic carbocycles. The Morgan fingerprint density at radius 2 is 1.77 bits per heavy atom. The van der Waals surface area contributed by atoms with Crippen molar-refractivity contribution in [2.45, 2.75) is 62.8 Å². The van der Waals surface area contributed by atoms with Crippen LogP contribution in [0.25, 0.3) is 0 Å². The van der Waals surface area contributed by atoms with Gasteiger partial charge in [-0.05, 0) is 62.2 Å². The van der Waals surface area contributed by atoms with E-state index in [-0.39, 0.29) is 31.6 Å². The fraction of sp³-hybridized carbons (Fsp3) is 0.571. The molecule has 48 heavy (non-hydrogen) atoms. The van der Waals surface area contributed by atoms with Crippen LogP contribution in [0, 0.1) is 0 Å². The quantitative estimate of drug-likeness (QED) is 0.326. The van der Waals surface area contributed by atoms with Crippen LogP contribution in [0.2, 0.25) is 10.0 Å². The Morgan fingerprint density at radius 1 is 1.02 bits per heavy atom. The molecular weight excluding hydrogens is 655 g/mol. The fourth-order valence-electron chi connectivity index (χ4n) is 8.66. The smallest absolute Gasteiger partial charge is 0.322 e. The molecule has 3 fully saturated rings. The Hall–Kier alpha value is -2.93. The van der Waals surface area contributed by atoms with Gasteiger partial charge in [-0.25, -0.2) is 4.79 Å². The third-order valence-corrected chi connectivity index (χ3v) is 12.1. The second-order valence-corrected chi connectivity index (χ2v) is 14.6. The minimum atomic E-state index is -1.23. The molecule has 2 aromatic rings. The zero-order chi connectivity index (χ0) is 34.1. The first-order chi connectivity index (χ1) is 23.1. The number of urea groups is 1. The molecule has 3 saturated heterocycles. The number of benzene rings is 2. The van der Waals surface area contributed by atoms with Gasteiger partial charge in [-0.1, -0.05) is 29.3 Å². The molecule has 0 spiro atoms. The molecule has 0 aromatic heterocycles.